The molecule has 0 aliphatic heterocycles. The Labute approximate surface area is 225 Å². The van der Waals surface area contributed by atoms with Gasteiger partial charge in [0.25, 0.3) is 0 Å². The van der Waals surface area contributed by atoms with E-state index in [2.05, 4.69) is 41.5 Å². The summed E-state index contributed by atoms with van der Waals surface area (Å²) in [4.78, 5) is 24.3. The second-order valence-corrected chi connectivity index (χ2v) is 11.6. The molecule has 214 valence electrons. The minimum absolute atomic E-state index is 0.0205. The van der Waals surface area contributed by atoms with E-state index in [1.54, 1.807) is 0 Å². The minimum atomic E-state index is -0.0205. The highest BCUT2D eigenvalue weighted by atomic mass is 16.5. The van der Waals surface area contributed by atoms with Crippen LogP contribution in [0.5, 0.6) is 0 Å². The number of carbonyl (C=O) groups excluding carboxylic acids is 2. The van der Waals surface area contributed by atoms with Gasteiger partial charge in [0, 0.05) is 6.42 Å². The van der Waals surface area contributed by atoms with Crippen LogP contribution in [0.2, 0.25) is 0 Å². The van der Waals surface area contributed by atoms with Gasteiger partial charge in [-0.25, -0.2) is 0 Å². The van der Waals surface area contributed by atoms with E-state index in [9.17, 15) is 9.59 Å². The summed E-state index contributed by atoms with van der Waals surface area (Å²) in [5.74, 6) is 1.30. The van der Waals surface area contributed by atoms with E-state index in [0.717, 1.165) is 44.9 Å². The molecule has 0 spiro atoms. The van der Waals surface area contributed by atoms with Crippen LogP contribution in [0, 0.1) is 23.7 Å². The van der Waals surface area contributed by atoms with Gasteiger partial charge in [-0.1, -0.05) is 125 Å². The smallest absolute Gasteiger partial charge is 0.309 e. The van der Waals surface area contributed by atoms with E-state index < -0.39 is 0 Å². The Morgan fingerprint density at radius 3 is 1.44 bits per heavy atom. The van der Waals surface area contributed by atoms with Gasteiger partial charge in [0.1, 0.15) is 0 Å². The summed E-state index contributed by atoms with van der Waals surface area (Å²) in [6, 6.07) is 0. The molecule has 0 saturated carbocycles. The van der Waals surface area contributed by atoms with E-state index in [1.165, 1.54) is 64.2 Å². The second-order valence-electron chi connectivity index (χ2n) is 11.6. The maximum atomic E-state index is 12.8. The van der Waals surface area contributed by atoms with Crippen molar-refractivity contribution in [3.8, 4) is 0 Å². The molecule has 0 rings (SSSR count). The van der Waals surface area contributed by atoms with Gasteiger partial charge in [0.2, 0.25) is 0 Å². The molecule has 0 radical (unpaired) electrons. The van der Waals surface area contributed by atoms with Gasteiger partial charge in [0.15, 0.2) is 0 Å². The Kier molecular flexibility index (Phi) is 23.6. The Morgan fingerprint density at radius 1 is 0.556 bits per heavy atom. The number of hydrogen-bond donors (Lipinski definition) is 0. The summed E-state index contributed by atoms with van der Waals surface area (Å²) in [6.45, 7) is 14.3. The van der Waals surface area contributed by atoms with Crippen molar-refractivity contribution in [2.75, 3.05) is 13.2 Å². The third-order valence-electron chi connectivity index (χ3n) is 7.48. The van der Waals surface area contributed by atoms with Crippen molar-refractivity contribution in [3.05, 3.63) is 0 Å². The molecular weight excluding hydrogens is 448 g/mol. The standard InChI is InChI=1S/C32H62O4/c1-7-9-25-35-30(33)24-22-20-18-16-14-12-11-13-15-17-19-21-23-29(27(3)4)31(28(5)6)32(34)36-26-10-8-2/h27-29,31H,7-26H2,1-6H3. The Morgan fingerprint density at radius 2 is 1.00 bits per heavy atom. The van der Waals surface area contributed by atoms with Gasteiger partial charge >= 0.3 is 11.9 Å². The summed E-state index contributed by atoms with van der Waals surface area (Å²) in [7, 11) is 0. The predicted molar refractivity (Wildman–Crippen MR) is 153 cm³/mol. The molecule has 0 N–H and O–H groups in total. The molecule has 0 aliphatic carbocycles. The highest BCUT2D eigenvalue weighted by Crippen LogP contribution is 2.33. The van der Waals surface area contributed by atoms with Crippen molar-refractivity contribution < 1.29 is 19.1 Å². The van der Waals surface area contributed by atoms with Gasteiger partial charge < -0.3 is 9.47 Å². The predicted octanol–water partition coefficient (Wildman–Crippen LogP) is 9.68. The van der Waals surface area contributed by atoms with Crippen LogP contribution in [0.15, 0.2) is 0 Å². The normalized spacial score (nSPS) is 13.2. The Hall–Kier alpha value is -1.06. The summed E-state index contributed by atoms with van der Waals surface area (Å²) in [5, 5.41) is 0. The molecule has 0 heterocycles. The van der Waals surface area contributed by atoms with Crippen LogP contribution in [0.1, 0.15) is 157 Å². The maximum Gasteiger partial charge on any atom is 0.309 e. The van der Waals surface area contributed by atoms with Crippen molar-refractivity contribution in [2.24, 2.45) is 23.7 Å². The monoisotopic (exact) mass is 510 g/mol. The third kappa shape index (κ3) is 19.1. The largest absolute Gasteiger partial charge is 0.466 e. The van der Waals surface area contributed by atoms with Crippen LogP contribution in [-0.2, 0) is 19.1 Å². The quantitative estimate of drug-likeness (QED) is 0.0906. The highest BCUT2D eigenvalue weighted by molar-refractivity contribution is 5.73. The Bertz CT molecular complexity index is 514. The van der Waals surface area contributed by atoms with Crippen LogP contribution in [0.3, 0.4) is 0 Å². The second kappa shape index (κ2) is 24.3. The van der Waals surface area contributed by atoms with Crippen molar-refractivity contribution in [1.82, 2.24) is 0 Å². The molecule has 0 amide bonds. The van der Waals surface area contributed by atoms with Crippen LogP contribution in [-0.4, -0.2) is 25.2 Å². The third-order valence-corrected chi connectivity index (χ3v) is 7.48. The number of carbonyl (C=O) groups is 2. The molecule has 0 aromatic carbocycles. The first kappa shape index (κ1) is 34.9. The first-order valence-corrected chi connectivity index (χ1v) is 15.7. The molecule has 0 saturated heterocycles. The van der Waals surface area contributed by atoms with Gasteiger partial charge in [0.05, 0.1) is 19.1 Å². The van der Waals surface area contributed by atoms with E-state index in [0.29, 0.717) is 37.4 Å². The van der Waals surface area contributed by atoms with E-state index in [1.807, 2.05) is 0 Å². The number of unbranched alkanes of at least 4 members (excludes halogenated alkanes) is 13. The van der Waals surface area contributed by atoms with Crippen LogP contribution >= 0.6 is 0 Å². The molecule has 2 atom stereocenters. The average molecular weight is 511 g/mol. The van der Waals surface area contributed by atoms with Crippen LogP contribution in [0.4, 0.5) is 0 Å². The lowest BCUT2D eigenvalue weighted by molar-refractivity contribution is -0.153. The van der Waals surface area contributed by atoms with E-state index in [4.69, 9.17) is 9.47 Å². The molecule has 4 nitrogen and oxygen atoms in total. The van der Waals surface area contributed by atoms with E-state index >= 15 is 0 Å². The topological polar surface area (TPSA) is 52.6 Å². The molecule has 36 heavy (non-hydrogen) atoms. The Balaban J connectivity index is 3.81. The summed E-state index contributed by atoms with van der Waals surface area (Å²) < 4.78 is 10.8. The first-order valence-electron chi connectivity index (χ1n) is 15.7. The molecule has 0 aromatic heterocycles. The van der Waals surface area contributed by atoms with Crippen molar-refractivity contribution in [2.45, 2.75) is 157 Å². The fraction of sp³-hybridized carbons (Fsp3) is 0.938. The van der Waals surface area contributed by atoms with Crippen LogP contribution < -0.4 is 0 Å². The average Bonchev–Trinajstić information content (AvgIpc) is 2.83. The highest BCUT2D eigenvalue weighted by Gasteiger charge is 2.33. The SMILES string of the molecule is CCCCOC(=O)CCCCCCCCCCCCCCC(C(C)C)C(C(=O)OCCCC)C(C)C. The van der Waals surface area contributed by atoms with Gasteiger partial charge in [-0.3, -0.25) is 9.59 Å². The zero-order valence-corrected chi connectivity index (χ0v) is 25.1. The fourth-order valence-corrected chi connectivity index (χ4v) is 5.10. The van der Waals surface area contributed by atoms with Gasteiger partial charge in [-0.2, -0.15) is 0 Å². The number of esters is 2. The lowest BCUT2D eigenvalue weighted by atomic mass is 9.74. The molecule has 0 aromatic rings. The van der Waals surface area contributed by atoms with Crippen molar-refractivity contribution in [1.29, 1.82) is 0 Å². The molecule has 0 bridgehead atoms. The summed E-state index contributed by atoms with van der Waals surface area (Å²) in [5.41, 5.74) is 0. The number of rotatable bonds is 25. The summed E-state index contributed by atoms with van der Waals surface area (Å²) in [6.07, 6.45) is 20.9. The summed E-state index contributed by atoms with van der Waals surface area (Å²) >= 11 is 0. The van der Waals surface area contributed by atoms with Crippen LogP contribution in [0.25, 0.3) is 0 Å². The first-order chi connectivity index (χ1) is 17.3. The number of ether oxygens (including phenoxy) is 2. The number of hydrogen-bond acceptors (Lipinski definition) is 4. The molecule has 0 aliphatic rings. The lowest BCUT2D eigenvalue weighted by Gasteiger charge is -2.31. The van der Waals surface area contributed by atoms with Gasteiger partial charge in [-0.15, -0.1) is 0 Å². The van der Waals surface area contributed by atoms with Crippen molar-refractivity contribution in [3.63, 3.8) is 0 Å². The van der Waals surface area contributed by atoms with E-state index in [-0.39, 0.29) is 17.9 Å². The zero-order valence-electron chi connectivity index (χ0n) is 25.1. The molecule has 0 fully saturated rings. The molecular formula is C32H62O4. The van der Waals surface area contributed by atoms with Crippen molar-refractivity contribution >= 4 is 11.9 Å². The maximum absolute atomic E-state index is 12.8. The van der Waals surface area contributed by atoms with Gasteiger partial charge in [-0.05, 0) is 43.4 Å². The lowest BCUT2D eigenvalue weighted by Crippen LogP contribution is -2.33. The molecule has 4 heteroatoms. The molecule has 2 unspecified atom stereocenters. The zero-order chi connectivity index (χ0) is 27.0. The minimum Gasteiger partial charge on any atom is -0.466 e. The fourth-order valence-electron chi connectivity index (χ4n) is 5.10.